The van der Waals surface area contributed by atoms with Crippen molar-refractivity contribution in [1.82, 2.24) is 4.90 Å². The second-order valence-corrected chi connectivity index (χ2v) is 6.20. The van der Waals surface area contributed by atoms with Crippen molar-refractivity contribution in [2.75, 3.05) is 27.6 Å². The highest BCUT2D eigenvalue weighted by Gasteiger charge is 2.16. The monoisotopic (exact) mass is 369 g/mol. The van der Waals surface area contributed by atoms with E-state index < -0.39 is 0 Å². The average Bonchev–Trinajstić information content (AvgIpc) is 3.14. The van der Waals surface area contributed by atoms with E-state index in [2.05, 4.69) is 6.58 Å². The second kappa shape index (κ2) is 8.49. The molecule has 2 aromatic rings. The first kappa shape index (κ1) is 18.6. The maximum Gasteiger partial charge on any atom is 0.260 e. The highest BCUT2D eigenvalue weighted by molar-refractivity contribution is 5.77. The Morgan fingerprint density at radius 3 is 2.70 bits per heavy atom. The molecule has 0 N–H and O–H groups in total. The van der Waals surface area contributed by atoms with Crippen molar-refractivity contribution in [3.63, 3.8) is 0 Å². The van der Waals surface area contributed by atoms with Gasteiger partial charge in [-0.1, -0.05) is 18.2 Å². The van der Waals surface area contributed by atoms with Crippen LogP contribution in [0.25, 0.3) is 0 Å². The molecule has 0 fully saturated rings. The summed E-state index contributed by atoms with van der Waals surface area (Å²) in [7, 11) is 3.31. The molecule has 142 valence electrons. The average molecular weight is 369 g/mol. The minimum absolute atomic E-state index is 0.0712. The van der Waals surface area contributed by atoms with Crippen LogP contribution in [0.1, 0.15) is 11.1 Å². The summed E-state index contributed by atoms with van der Waals surface area (Å²) in [4.78, 5) is 14.0. The van der Waals surface area contributed by atoms with Crippen LogP contribution in [0.3, 0.4) is 0 Å². The molecule has 0 saturated carbocycles. The number of methoxy groups -OCH3 is 1. The number of fused-ring (bicyclic) bond motifs is 1. The SMILES string of the molecule is C=CCc1ccc(OCC(=O)N(C)Cc2ccc3c(c2)OCO3)c(OC)c1. The predicted molar refractivity (Wildman–Crippen MR) is 101 cm³/mol. The molecule has 0 spiro atoms. The molecule has 0 unspecified atom stereocenters. The zero-order valence-electron chi connectivity index (χ0n) is 15.6. The number of hydrogen-bond donors (Lipinski definition) is 0. The van der Waals surface area contributed by atoms with Gasteiger partial charge < -0.3 is 23.8 Å². The topological polar surface area (TPSA) is 57.2 Å². The van der Waals surface area contributed by atoms with Gasteiger partial charge in [-0.05, 0) is 41.8 Å². The van der Waals surface area contributed by atoms with Crippen LogP contribution in [0.5, 0.6) is 23.0 Å². The van der Waals surface area contributed by atoms with Crippen LogP contribution < -0.4 is 18.9 Å². The summed E-state index contributed by atoms with van der Waals surface area (Å²) < 4.78 is 21.7. The molecule has 0 saturated heterocycles. The maximum atomic E-state index is 12.4. The van der Waals surface area contributed by atoms with Gasteiger partial charge >= 0.3 is 0 Å². The van der Waals surface area contributed by atoms with E-state index in [9.17, 15) is 4.79 Å². The van der Waals surface area contributed by atoms with Gasteiger partial charge in [-0.3, -0.25) is 4.79 Å². The second-order valence-electron chi connectivity index (χ2n) is 6.20. The van der Waals surface area contributed by atoms with Crippen molar-refractivity contribution >= 4 is 5.91 Å². The van der Waals surface area contributed by atoms with Gasteiger partial charge in [0, 0.05) is 13.6 Å². The third-order valence-electron chi connectivity index (χ3n) is 4.24. The van der Waals surface area contributed by atoms with Crippen molar-refractivity contribution in [2.24, 2.45) is 0 Å². The third kappa shape index (κ3) is 4.53. The molecule has 1 aliphatic rings. The largest absolute Gasteiger partial charge is 0.493 e. The Hall–Kier alpha value is -3.15. The van der Waals surface area contributed by atoms with E-state index in [1.807, 2.05) is 42.5 Å². The fraction of sp³-hybridized carbons (Fsp3) is 0.286. The number of rotatable bonds is 8. The number of benzene rings is 2. The Labute approximate surface area is 158 Å². The van der Waals surface area contributed by atoms with Gasteiger partial charge in [-0.15, -0.1) is 6.58 Å². The molecule has 1 aliphatic heterocycles. The van der Waals surface area contributed by atoms with Crippen LogP contribution in [-0.2, 0) is 17.8 Å². The van der Waals surface area contributed by atoms with Gasteiger partial charge in [0.15, 0.2) is 29.6 Å². The van der Waals surface area contributed by atoms with Crippen molar-refractivity contribution in [1.29, 1.82) is 0 Å². The Balaban J connectivity index is 1.57. The lowest BCUT2D eigenvalue weighted by molar-refractivity contribution is -0.132. The smallest absolute Gasteiger partial charge is 0.260 e. The highest BCUT2D eigenvalue weighted by Crippen LogP contribution is 2.33. The number of amides is 1. The van der Waals surface area contributed by atoms with Gasteiger partial charge in [0.2, 0.25) is 6.79 Å². The molecule has 2 aromatic carbocycles. The van der Waals surface area contributed by atoms with Gasteiger partial charge in [0.05, 0.1) is 7.11 Å². The van der Waals surface area contributed by atoms with Crippen molar-refractivity contribution < 1.29 is 23.7 Å². The predicted octanol–water partition coefficient (Wildman–Crippen LogP) is 3.19. The summed E-state index contributed by atoms with van der Waals surface area (Å²) in [5.41, 5.74) is 2.03. The molecule has 0 aromatic heterocycles. The van der Waals surface area contributed by atoms with Crippen LogP contribution in [0.4, 0.5) is 0 Å². The summed E-state index contributed by atoms with van der Waals surface area (Å²) in [6, 6.07) is 11.3. The van der Waals surface area contributed by atoms with Gasteiger partial charge in [0.25, 0.3) is 5.91 Å². The van der Waals surface area contributed by atoms with E-state index in [0.717, 1.165) is 23.3 Å². The van der Waals surface area contributed by atoms with E-state index in [4.69, 9.17) is 18.9 Å². The number of carbonyl (C=O) groups excluding carboxylic acids is 1. The van der Waals surface area contributed by atoms with E-state index in [1.165, 1.54) is 0 Å². The van der Waals surface area contributed by atoms with E-state index in [0.29, 0.717) is 23.8 Å². The van der Waals surface area contributed by atoms with Crippen LogP contribution in [0, 0.1) is 0 Å². The maximum absolute atomic E-state index is 12.4. The minimum atomic E-state index is -0.134. The molecule has 0 atom stereocenters. The summed E-state index contributed by atoms with van der Waals surface area (Å²) in [5, 5.41) is 0. The first-order valence-electron chi connectivity index (χ1n) is 8.64. The Morgan fingerprint density at radius 1 is 1.15 bits per heavy atom. The summed E-state index contributed by atoms with van der Waals surface area (Å²) in [5.74, 6) is 2.43. The van der Waals surface area contributed by atoms with E-state index in [-0.39, 0.29) is 19.3 Å². The van der Waals surface area contributed by atoms with Crippen LogP contribution in [0.2, 0.25) is 0 Å². The summed E-state index contributed by atoms with van der Waals surface area (Å²) >= 11 is 0. The number of hydrogen-bond acceptors (Lipinski definition) is 5. The van der Waals surface area contributed by atoms with Gasteiger partial charge in [-0.25, -0.2) is 0 Å². The fourth-order valence-corrected chi connectivity index (χ4v) is 2.78. The minimum Gasteiger partial charge on any atom is -0.493 e. The molecular formula is C21H23NO5. The number of carbonyl (C=O) groups is 1. The quantitative estimate of drug-likeness (QED) is 0.669. The summed E-state index contributed by atoms with van der Waals surface area (Å²) in [6.07, 6.45) is 2.57. The number of ether oxygens (including phenoxy) is 4. The Morgan fingerprint density at radius 2 is 1.93 bits per heavy atom. The first-order valence-corrected chi connectivity index (χ1v) is 8.64. The molecule has 0 bridgehead atoms. The lowest BCUT2D eigenvalue weighted by Crippen LogP contribution is -2.31. The van der Waals surface area contributed by atoms with E-state index >= 15 is 0 Å². The van der Waals surface area contributed by atoms with Crippen LogP contribution in [0.15, 0.2) is 49.1 Å². The zero-order valence-corrected chi connectivity index (χ0v) is 15.6. The lowest BCUT2D eigenvalue weighted by Gasteiger charge is -2.18. The molecule has 0 aliphatic carbocycles. The first-order chi connectivity index (χ1) is 13.1. The Bertz CT molecular complexity index is 833. The van der Waals surface area contributed by atoms with Crippen molar-refractivity contribution in [2.45, 2.75) is 13.0 Å². The number of nitrogens with zero attached hydrogens (tertiary/aromatic N) is 1. The molecule has 0 radical (unpaired) electrons. The molecule has 1 amide bonds. The number of allylic oxidation sites excluding steroid dienone is 1. The zero-order chi connectivity index (χ0) is 19.2. The molecular weight excluding hydrogens is 346 g/mol. The molecule has 27 heavy (non-hydrogen) atoms. The fourth-order valence-electron chi connectivity index (χ4n) is 2.78. The van der Waals surface area contributed by atoms with E-state index in [1.54, 1.807) is 19.1 Å². The molecule has 3 rings (SSSR count). The van der Waals surface area contributed by atoms with Gasteiger partial charge in [0.1, 0.15) is 0 Å². The summed E-state index contributed by atoms with van der Waals surface area (Å²) in [6.45, 7) is 4.34. The van der Waals surface area contributed by atoms with Crippen molar-refractivity contribution in [3.05, 3.63) is 60.2 Å². The molecule has 6 nitrogen and oxygen atoms in total. The molecule has 6 heteroatoms. The third-order valence-corrected chi connectivity index (χ3v) is 4.24. The lowest BCUT2D eigenvalue weighted by atomic mass is 10.1. The number of likely N-dealkylation sites (N-methyl/N-ethyl adjacent to an activating group) is 1. The molecule has 1 heterocycles. The van der Waals surface area contributed by atoms with Gasteiger partial charge in [-0.2, -0.15) is 0 Å². The standard InChI is InChI=1S/C21H23NO5/c1-4-5-15-6-8-17(19(10-15)24-3)25-13-21(23)22(2)12-16-7-9-18-20(11-16)27-14-26-18/h4,6-11H,1,5,12-14H2,2-3H3. The highest BCUT2D eigenvalue weighted by atomic mass is 16.7. The van der Waals surface area contributed by atoms with Crippen LogP contribution in [-0.4, -0.2) is 38.4 Å². The Kier molecular flexibility index (Phi) is 5.86. The van der Waals surface area contributed by atoms with Crippen LogP contribution >= 0.6 is 0 Å². The van der Waals surface area contributed by atoms with Crippen molar-refractivity contribution in [3.8, 4) is 23.0 Å². The normalized spacial score (nSPS) is 11.8.